The van der Waals surface area contributed by atoms with E-state index in [9.17, 15) is 0 Å². The Hall–Kier alpha value is -1.16. The summed E-state index contributed by atoms with van der Waals surface area (Å²) in [5, 5.41) is 0. The zero-order chi connectivity index (χ0) is 10.8. The Morgan fingerprint density at radius 2 is 2.19 bits per heavy atom. The van der Waals surface area contributed by atoms with Crippen LogP contribution < -0.4 is 4.90 Å². The van der Waals surface area contributed by atoms with Crippen molar-refractivity contribution in [1.82, 2.24) is 9.97 Å². The second kappa shape index (κ2) is 4.37. The molecule has 2 aliphatic rings. The highest BCUT2D eigenvalue weighted by Crippen LogP contribution is 2.30. The van der Waals surface area contributed by atoms with Crippen LogP contribution in [-0.2, 0) is 4.74 Å². The van der Waals surface area contributed by atoms with Crippen molar-refractivity contribution in [3.05, 3.63) is 18.6 Å². The van der Waals surface area contributed by atoms with Crippen molar-refractivity contribution < 1.29 is 4.74 Å². The monoisotopic (exact) mass is 219 g/mol. The molecule has 1 aromatic heterocycles. The van der Waals surface area contributed by atoms with E-state index < -0.39 is 0 Å². The molecule has 1 saturated carbocycles. The van der Waals surface area contributed by atoms with Gasteiger partial charge in [-0.05, 0) is 12.8 Å². The van der Waals surface area contributed by atoms with E-state index in [0.29, 0.717) is 12.1 Å². The molecular weight excluding hydrogens is 202 g/mol. The van der Waals surface area contributed by atoms with Crippen LogP contribution in [0, 0.1) is 0 Å². The minimum atomic E-state index is 0.407. The van der Waals surface area contributed by atoms with Crippen LogP contribution in [0.4, 0.5) is 5.82 Å². The maximum absolute atomic E-state index is 5.84. The van der Waals surface area contributed by atoms with Gasteiger partial charge < -0.3 is 9.64 Å². The Bertz CT molecular complexity index is 341. The van der Waals surface area contributed by atoms with Gasteiger partial charge in [-0.3, -0.25) is 4.98 Å². The van der Waals surface area contributed by atoms with Gasteiger partial charge in [0.15, 0.2) is 0 Å². The molecular formula is C12H17N3O. The molecule has 4 heteroatoms. The molecule has 0 radical (unpaired) electrons. The average molecular weight is 219 g/mol. The third-order valence-corrected chi connectivity index (χ3v) is 3.58. The maximum Gasteiger partial charge on any atom is 0.147 e. The number of anilines is 1. The van der Waals surface area contributed by atoms with Gasteiger partial charge in [0.2, 0.25) is 0 Å². The predicted octanol–water partition coefficient (Wildman–Crippen LogP) is 1.62. The van der Waals surface area contributed by atoms with E-state index in [-0.39, 0.29) is 0 Å². The molecule has 0 bridgehead atoms. The molecule has 0 spiro atoms. The number of fused-ring (bicyclic) bond motifs is 1. The van der Waals surface area contributed by atoms with E-state index in [4.69, 9.17) is 4.74 Å². The SMILES string of the molecule is c1cnc(N2CCO[C@H]3CCCC[C@H]32)cn1. The summed E-state index contributed by atoms with van der Waals surface area (Å²) in [6.45, 7) is 1.76. The Labute approximate surface area is 95.7 Å². The summed E-state index contributed by atoms with van der Waals surface area (Å²) in [7, 11) is 0. The first-order valence-electron chi connectivity index (χ1n) is 6.09. The molecule has 16 heavy (non-hydrogen) atoms. The quantitative estimate of drug-likeness (QED) is 0.719. The van der Waals surface area contributed by atoms with Gasteiger partial charge in [-0.1, -0.05) is 12.8 Å². The summed E-state index contributed by atoms with van der Waals surface area (Å²) in [6.07, 6.45) is 10.8. The van der Waals surface area contributed by atoms with Crippen molar-refractivity contribution in [2.24, 2.45) is 0 Å². The fourth-order valence-electron chi connectivity index (χ4n) is 2.82. The van der Waals surface area contributed by atoms with Gasteiger partial charge in [0.05, 0.1) is 24.9 Å². The van der Waals surface area contributed by atoms with Gasteiger partial charge >= 0.3 is 0 Å². The molecule has 2 atom stereocenters. The first-order valence-corrected chi connectivity index (χ1v) is 6.09. The summed E-state index contributed by atoms with van der Waals surface area (Å²) in [4.78, 5) is 10.9. The van der Waals surface area contributed by atoms with Crippen LogP contribution in [0.15, 0.2) is 18.6 Å². The number of ether oxygens (including phenoxy) is 1. The zero-order valence-electron chi connectivity index (χ0n) is 9.38. The van der Waals surface area contributed by atoms with Gasteiger partial charge in [0, 0.05) is 18.9 Å². The summed E-state index contributed by atoms with van der Waals surface area (Å²) < 4.78 is 5.84. The van der Waals surface area contributed by atoms with Gasteiger partial charge in [-0.2, -0.15) is 0 Å². The van der Waals surface area contributed by atoms with Crippen molar-refractivity contribution in [2.75, 3.05) is 18.1 Å². The van der Waals surface area contributed by atoms with E-state index in [1.54, 1.807) is 12.4 Å². The highest BCUT2D eigenvalue weighted by molar-refractivity contribution is 5.38. The lowest BCUT2D eigenvalue weighted by molar-refractivity contribution is -0.00901. The molecule has 0 aromatic carbocycles. The van der Waals surface area contributed by atoms with Crippen LogP contribution in [0.5, 0.6) is 0 Å². The van der Waals surface area contributed by atoms with Crippen LogP contribution in [0.3, 0.4) is 0 Å². The fraction of sp³-hybridized carbons (Fsp3) is 0.667. The van der Waals surface area contributed by atoms with Crippen molar-refractivity contribution in [1.29, 1.82) is 0 Å². The second-order valence-electron chi connectivity index (χ2n) is 4.52. The Morgan fingerprint density at radius 1 is 1.25 bits per heavy atom. The lowest BCUT2D eigenvalue weighted by atomic mass is 9.90. The maximum atomic E-state index is 5.84. The Morgan fingerprint density at radius 3 is 3.06 bits per heavy atom. The van der Waals surface area contributed by atoms with Crippen LogP contribution in [-0.4, -0.2) is 35.3 Å². The second-order valence-corrected chi connectivity index (χ2v) is 4.52. The molecule has 2 heterocycles. The molecule has 1 saturated heterocycles. The Balaban J connectivity index is 1.83. The van der Waals surface area contributed by atoms with Crippen LogP contribution >= 0.6 is 0 Å². The smallest absolute Gasteiger partial charge is 0.147 e. The largest absolute Gasteiger partial charge is 0.374 e. The molecule has 0 N–H and O–H groups in total. The molecule has 1 aromatic rings. The van der Waals surface area contributed by atoms with Crippen LogP contribution in [0.1, 0.15) is 25.7 Å². The minimum Gasteiger partial charge on any atom is -0.374 e. The number of nitrogens with zero attached hydrogens (tertiary/aromatic N) is 3. The van der Waals surface area contributed by atoms with E-state index in [1.165, 1.54) is 25.7 Å². The lowest BCUT2D eigenvalue weighted by Gasteiger charge is -2.44. The zero-order valence-corrected chi connectivity index (χ0v) is 9.38. The van der Waals surface area contributed by atoms with Gasteiger partial charge in [-0.15, -0.1) is 0 Å². The molecule has 1 aliphatic heterocycles. The number of rotatable bonds is 1. The van der Waals surface area contributed by atoms with Crippen LogP contribution in [0.25, 0.3) is 0 Å². The van der Waals surface area contributed by atoms with E-state index >= 15 is 0 Å². The van der Waals surface area contributed by atoms with E-state index in [1.807, 2.05) is 6.20 Å². The highest BCUT2D eigenvalue weighted by atomic mass is 16.5. The van der Waals surface area contributed by atoms with E-state index in [2.05, 4.69) is 14.9 Å². The number of hydrogen-bond donors (Lipinski definition) is 0. The fourth-order valence-corrected chi connectivity index (χ4v) is 2.82. The lowest BCUT2D eigenvalue weighted by Crippen LogP contribution is -2.53. The van der Waals surface area contributed by atoms with Gasteiger partial charge in [0.25, 0.3) is 0 Å². The Kier molecular flexibility index (Phi) is 2.74. The number of aromatic nitrogens is 2. The summed E-state index contributed by atoms with van der Waals surface area (Å²) in [5.41, 5.74) is 0. The van der Waals surface area contributed by atoms with Crippen molar-refractivity contribution >= 4 is 5.82 Å². The summed E-state index contributed by atoms with van der Waals surface area (Å²) >= 11 is 0. The topological polar surface area (TPSA) is 38.2 Å². The molecule has 2 fully saturated rings. The standard InChI is InChI=1S/C12H17N3O/c1-2-4-11-10(3-1)15(7-8-16-11)12-9-13-5-6-14-12/h5-6,9-11H,1-4,7-8H2/t10-,11+/m1/s1. The molecule has 1 aliphatic carbocycles. The number of hydrogen-bond acceptors (Lipinski definition) is 4. The summed E-state index contributed by atoms with van der Waals surface area (Å²) in [6, 6.07) is 0.513. The van der Waals surface area contributed by atoms with Crippen LogP contribution in [0.2, 0.25) is 0 Å². The first-order chi connectivity index (χ1) is 7.95. The highest BCUT2D eigenvalue weighted by Gasteiger charge is 2.34. The minimum absolute atomic E-state index is 0.407. The van der Waals surface area contributed by atoms with E-state index in [0.717, 1.165) is 19.0 Å². The average Bonchev–Trinajstić information content (AvgIpc) is 2.39. The molecule has 0 unspecified atom stereocenters. The molecule has 0 amide bonds. The number of morpholine rings is 1. The molecule has 4 nitrogen and oxygen atoms in total. The van der Waals surface area contributed by atoms with Gasteiger partial charge in [0.1, 0.15) is 5.82 Å². The van der Waals surface area contributed by atoms with Crippen molar-refractivity contribution in [3.8, 4) is 0 Å². The van der Waals surface area contributed by atoms with Crippen molar-refractivity contribution in [3.63, 3.8) is 0 Å². The normalized spacial score (nSPS) is 29.9. The summed E-state index contributed by atoms with van der Waals surface area (Å²) in [5.74, 6) is 1.00. The molecule has 86 valence electrons. The van der Waals surface area contributed by atoms with Crippen molar-refractivity contribution in [2.45, 2.75) is 37.8 Å². The molecule has 3 rings (SSSR count). The third kappa shape index (κ3) is 1.78. The predicted molar refractivity (Wildman–Crippen MR) is 61.4 cm³/mol. The first kappa shape index (κ1) is 10.0. The van der Waals surface area contributed by atoms with Gasteiger partial charge in [-0.25, -0.2) is 4.98 Å². The third-order valence-electron chi connectivity index (χ3n) is 3.58.